The molecule has 5 rings (SSSR count). The summed E-state index contributed by atoms with van der Waals surface area (Å²) in [5, 5.41) is 3.57. The molecule has 1 fully saturated rings. The van der Waals surface area contributed by atoms with Gasteiger partial charge in [-0.05, 0) is 25.0 Å². The molecule has 0 saturated heterocycles. The number of para-hydroxylation sites is 2. The van der Waals surface area contributed by atoms with Crippen LogP contribution in [0.25, 0.3) is 11.0 Å². The van der Waals surface area contributed by atoms with Crippen molar-refractivity contribution in [3.8, 4) is 0 Å². The van der Waals surface area contributed by atoms with Crippen LogP contribution in [0.15, 0.2) is 30.6 Å². The van der Waals surface area contributed by atoms with Crippen molar-refractivity contribution in [2.75, 3.05) is 11.9 Å². The Hall–Kier alpha value is -2.74. The van der Waals surface area contributed by atoms with Gasteiger partial charge in [0, 0.05) is 23.8 Å². The minimum absolute atomic E-state index is 0.0702. The number of aromatic nitrogens is 3. The van der Waals surface area contributed by atoms with E-state index in [1.165, 1.54) is 11.3 Å². The van der Waals surface area contributed by atoms with E-state index in [1.54, 1.807) is 6.33 Å². The van der Waals surface area contributed by atoms with Gasteiger partial charge in [-0.3, -0.25) is 9.59 Å². The molecule has 0 bridgehead atoms. The summed E-state index contributed by atoms with van der Waals surface area (Å²) < 4.78 is 1.89. The Morgan fingerprint density at radius 2 is 2.11 bits per heavy atom. The van der Waals surface area contributed by atoms with Crippen LogP contribution in [0.2, 0.25) is 0 Å². The van der Waals surface area contributed by atoms with Crippen LogP contribution in [0.4, 0.5) is 5.13 Å². The van der Waals surface area contributed by atoms with Crippen molar-refractivity contribution in [2.24, 2.45) is 5.92 Å². The van der Waals surface area contributed by atoms with Gasteiger partial charge in [-0.15, -0.1) is 0 Å². The van der Waals surface area contributed by atoms with Gasteiger partial charge in [0.25, 0.3) is 0 Å². The molecule has 3 aromatic rings. The maximum atomic E-state index is 12.8. The molecule has 1 N–H and O–H groups in total. The van der Waals surface area contributed by atoms with Crippen molar-refractivity contribution in [3.05, 3.63) is 41.2 Å². The van der Waals surface area contributed by atoms with E-state index in [9.17, 15) is 9.59 Å². The van der Waals surface area contributed by atoms with Crippen molar-refractivity contribution in [2.45, 2.75) is 32.4 Å². The topological polar surface area (TPSA) is 80.1 Å². The second-order valence-electron chi connectivity index (χ2n) is 7.08. The first-order valence-electron chi connectivity index (χ1n) is 9.14. The number of thiazole rings is 1. The summed E-state index contributed by atoms with van der Waals surface area (Å²) in [6.07, 6.45) is 4.39. The fourth-order valence-electron chi connectivity index (χ4n) is 3.40. The molecule has 138 valence electrons. The number of nitrogens with one attached hydrogen (secondary N) is 1. The van der Waals surface area contributed by atoms with Crippen LogP contribution >= 0.6 is 11.3 Å². The fraction of sp³-hybridized carbons (Fsp3) is 0.368. The van der Waals surface area contributed by atoms with Crippen LogP contribution in [0.1, 0.15) is 23.4 Å². The average Bonchev–Trinajstić information content (AvgIpc) is 3.34. The average molecular weight is 381 g/mol. The molecule has 8 heteroatoms. The van der Waals surface area contributed by atoms with Gasteiger partial charge in [0.15, 0.2) is 5.13 Å². The van der Waals surface area contributed by atoms with Crippen LogP contribution in [-0.2, 0) is 29.1 Å². The Bertz CT molecular complexity index is 1040. The summed E-state index contributed by atoms with van der Waals surface area (Å²) in [4.78, 5) is 36.5. The van der Waals surface area contributed by atoms with Gasteiger partial charge in [-0.1, -0.05) is 23.5 Å². The van der Waals surface area contributed by atoms with Crippen molar-refractivity contribution in [1.29, 1.82) is 0 Å². The highest BCUT2D eigenvalue weighted by Gasteiger charge is 2.31. The van der Waals surface area contributed by atoms with Gasteiger partial charge < -0.3 is 14.8 Å². The first-order valence-corrected chi connectivity index (χ1v) is 9.96. The molecule has 3 heterocycles. The molecule has 0 unspecified atom stereocenters. The SMILES string of the molecule is O=C(Nc1nc2c(s1)CN(C(=O)Cn1cnc3ccccc31)CC2)C1CC1. The molecular weight excluding hydrogens is 362 g/mol. The Morgan fingerprint density at radius 3 is 2.96 bits per heavy atom. The standard InChI is InChI=1S/C19H19N5O2S/c25-17(10-24-11-20-13-3-1-2-4-15(13)24)23-8-7-14-16(9-23)27-19(21-14)22-18(26)12-5-6-12/h1-4,11-12H,5-10H2,(H,21,22,26). The molecule has 1 aliphatic carbocycles. The Morgan fingerprint density at radius 1 is 1.26 bits per heavy atom. The van der Waals surface area contributed by atoms with Gasteiger partial charge in [0.2, 0.25) is 11.8 Å². The van der Waals surface area contributed by atoms with Crippen molar-refractivity contribution in [3.63, 3.8) is 0 Å². The van der Waals surface area contributed by atoms with Crippen molar-refractivity contribution >= 4 is 39.3 Å². The van der Waals surface area contributed by atoms with Crippen LogP contribution in [-0.4, -0.2) is 37.8 Å². The largest absolute Gasteiger partial charge is 0.336 e. The predicted octanol–water partition coefficient (Wildman–Crippen LogP) is 2.43. The van der Waals surface area contributed by atoms with Gasteiger partial charge in [0.1, 0.15) is 6.54 Å². The van der Waals surface area contributed by atoms with Gasteiger partial charge >= 0.3 is 0 Å². The Labute approximate surface area is 160 Å². The fourth-order valence-corrected chi connectivity index (χ4v) is 4.42. The summed E-state index contributed by atoms with van der Waals surface area (Å²) in [6.45, 7) is 1.48. The molecule has 2 amide bonds. The lowest BCUT2D eigenvalue weighted by Crippen LogP contribution is -2.37. The number of carbonyl (C=O) groups is 2. The molecule has 0 spiro atoms. The number of imidazole rings is 1. The lowest BCUT2D eigenvalue weighted by Gasteiger charge is -2.26. The highest BCUT2D eigenvalue weighted by atomic mass is 32.1. The zero-order chi connectivity index (χ0) is 18.4. The normalized spacial score (nSPS) is 16.4. The van der Waals surface area contributed by atoms with E-state index in [0.29, 0.717) is 18.2 Å². The lowest BCUT2D eigenvalue weighted by molar-refractivity contribution is -0.132. The molecular formula is C19H19N5O2S. The molecule has 1 aromatic carbocycles. The molecule has 2 aliphatic rings. The highest BCUT2D eigenvalue weighted by molar-refractivity contribution is 7.15. The summed E-state index contributed by atoms with van der Waals surface area (Å²) in [7, 11) is 0. The lowest BCUT2D eigenvalue weighted by atomic mass is 10.2. The van der Waals surface area contributed by atoms with Gasteiger partial charge in [-0.2, -0.15) is 0 Å². The van der Waals surface area contributed by atoms with E-state index in [4.69, 9.17) is 0 Å². The van der Waals surface area contributed by atoms with E-state index < -0.39 is 0 Å². The third-order valence-corrected chi connectivity index (χ3v) is 6.09. The molecule has 1 aliphatic heterocycles. The molecule has 1 saturated carbocycles. The number of carbonyl (C=O) groups excluding carboxylic acids is 2. The molecule has 7 nitrogen and oxygen atoms in total. The Balaban J connectivity index is 1.28. The quantitative estimate of drug-likeness (QED) is 0.753. The van der Waals surface area contributed by atoms with Crippen molar-refractivity contribution < 1.29 is 9.59 Å². The maximum absolute atomic E-state index is 12.8. The second-order valence-corrected chi connectivity index (χ2v) is 8.16. The molecule has 27 heavy (non-hydrogen) atoms. The molecule has 0 atom stereocenters. The van der Waals surface area contributed by atoms with Gasteiger partial charge in [0.05, 0.1) is 29.6 Å². The second kappa shape index (κ2) is 6.45. The van der Waals surface area contributed by atoms with Gasteiger partial charge in [-0.25, -0.2) is 9.97 Å². The monoisotopic (exact) mass is 381 g/mol. The van der Waals surface area contributed by atoms with Crippen LogP contribution in [0.5, 0.6) is 0 Å². The highest BCUT2D eigenvalue weighted by Crippen LogP contribution is 2.33. The minimum atomic E-state index is 0.0702. The number of amides is 2. The van der Waals surface area contributed by atoms with E-state index in [2.05, 4.69) is 15.3 Å². The van der Waals surface area contributed by atoms with E-state index >= 15 is 0 Å². The zero-order valence-corrected chi connectivity index (χ0v) is 15.5. The number of benzene rings is 1. The number of fused-ring (bicyclic) bond motifs is 2. The smallest absolute Gasteiger partial charge is 0.242 e. The summed E-state index contributed by atoms with van der Waals surface area (Å²) >= 11 is 1.48. The van der Waals surface area contributed by atoms with Crippen molar-refractivity contribution in [1.82, 2.24) is 19.4 Å². The third-order valence-electron chi connectivity index (χ3n) is 5.10. The molecule has 2 aromatic heterocycles. The summed E-state index contributed by atoms with van der Waals surface area (Å²) in [5.74, 6) is 0.302. The number of hydrogen-bond acceptors (Lipinski definition) is 5. The van der Waals surface area contributed by atoms with E-state index in [0.717, 1.165) is 40.9 Å². The summed E-state index contributed by atoms with van der Waals surface area (Å²) in [6, 6.07) is 7.81. The Kier molecular flexibility index (Phi) is 3.93. The number of rotatable bonds is 4. The zero-order valence-electron chi connectivity index (χ0n) is 14.7. The van der Waals surface area contributed by atoms with Crippen LogP contribution < -0.4 is 5.32 Å². The van der Waals surface area contributed by atoms with Crippen LogP contribution in [0.3, 0.4) is 0 Å². The third kappa shape index (κ3) is 3.21. The van der Waals surface area contributed by atoms with E-state index in [-0.39, 0.29) is 24.3 Å². The first-order chi connectivity index (χ1) is 13.2. The minimum Gasteiger partial charge on any atom is -0.336 e. The van der Waals surface area contributed by atoms with E-state index in [1.807, 2.05) is 33.7 Å². The predicted molar refractivity (Wildman–Crippen MR) is 102 cm³/mol. The number of hydrogen-bond donors (Lipinski definition) is 1. The summed E-state index contributed by atoms with van der Waals surface area (Å²) in [5.41, 5.74) is 2.86. The van der Waals surface area contributed by atoms with Crippen LogP contribution in [0, 0.1) is 5.92 Å². The molecule has 0 radical (unpaired) electrons. The maximum Gasteiger partial charge on any atom is 0.242 e. The first kappa shape index (κ1) is 16.4. The number of anilines is 1. The number of nitrogens with zero attached hydrogens (tertiary/aromatic N) is 4.